The minimum Gasteiger partial charge on any atom is -0.493 e. The summed E-state index contributed by atoms with van der Waals surface area (Å²) < 4.78 is 11.9. The maximum absolute atomic E-state index is 12.2. The molecule has 0 saturated carbocycles. The highest BCUT2D eigenvalue weighted by Crippen LogP contribution is 2.37. The molecule has 162 valence electrons. The second-order valence-corrected chi connectivity index (χ2v) is 8.39. The van der Waals surface area contributed by atoms with Crippen molar-refractivity contribution < 1.29 is 14.3 Å². The molecule has 0 unspecified atom stereocenters. The highest BCUT2D eigenvalue weighted by atomic mass is 79.9. The predicted octanol–water partition coefficient (Wildman–Crippen LogP) is 6.36. The Labute approximate surface area is 195 Å². The normalized spacial score (nSPS) is 10.5. The first-order valence-corrected chi connectivity index (χ1v) is 10.9. The summed E-state index contributed by atoms with van der Waals surface area (Å²) in [6, 6.07) is 17.2. The molecule has 0 atom stereocenters. The molecular formula is C24H24BrClN2O3. The first-order chi connectivity index (χ1) is 14.9. The average Bonchev–Trinajstić information content (AvgIpc) is 2.75. The van der Waals surface area contributed by atoms with Gasteiger partial charge in [0.2, 0.25) is 0 Å². The second-order valence-electron chi connectivity index (χ2n) is 7.13. The minimum atomic E-state index is -0.250. The van der Waals surface area contributed by atoms with Gasteiger partial charge in [-0.25, -0.2) is 0 Å². The van der Waals surface area contributed by atoms with Crippen molar-refractivity contribution in [2.45, 2.75) is 20.4 Å². The Morgan fingerprint density at radius 3 is 2.42 bits per heavy atom. The smallest absolute Gasteiger partial charge is 0.262 e. The fraction of sp³-hybridized carbons (Fsp3) is 0.208. The number of carbonyl (C=O) groups excluding carboxylic acids is 1. The lowest BCUT2D eigenvalue weighted by atomic mass is 10.2. The van der Waals surface area contributed by atoms with Gasteiger partial charge in [0.05, 0.1) is 11.6 Å². The minimum absolute atomic E-state index is 0.137. The number of nitrogens with one attached hydrogen (secondary N) is 2. The molecule has 3 aromatic rings. The number of halogens is 2. The topological polar surface area (TPSA) is 59.6 Å². The molecule has 0 aliphatic carbocycles. The predicted molar refractivity (Wildman–Crippen MR) is 130 cm³/mol. The van der Waals surface area contributed by atoms with Gasteiger partial charge in [-0.2, -0.15) is 0 Å². The number of hydrogen-bond donors (Lipinski definition) is 2. The Kier molecular flexibility index (Phi) is 7.82. The zero-order valence-electron chi connectivity index (χ0n) is 17.6. The van der Waals surface area contributed by atoms with Gasteiger partial charge in [0.1, 0.15) is 0 Å². The fourth-order valence-corrected chi connectivity index (χ4v) is 3.68. The van der Waals surface area contributed by atoms with E-state index in [2.05, 4.69) is 26.6 Å². The van der Waals surface area contributed by atoms with E-state index < -0.39 is 0 Å². The highest BCUT2D eigenvalue weighted by Gasteiger charge is 2.14. The number of rotatable bonds is 8. The molecule has 0 aliphatic heterocycles. The quantitative estimate of drug-likeness (QED) is 0.376. The lowest BCUT2D eigenvalue weighted by Crippen LogP contribution is -2.20. The molecule has 1 amide bonds. The number of hydrogen-bond acceptors (Lipinski definition) is 4. The summed E-state index contributed by atoms with van der Waals surface area (Å²) in [6.45, 7) is 4.40. The Morgan fingerprint density at radius 1 is 1.03 bits per heavy atom. The molecule has 3 aromatic carbocycles. The van der Waals surface area contributed by atoms with Crippen molar-refractivity contribution >= 4 is 44.8 Å². The van der Waals surface area contributed by atoms with Gasteiger partial charge in [0.15, 0.2) is 18.1 Å². The summed E-state index contributed by atoms with van der Waals surface area (Å²) in [5.41, 5.74) is 4.80. The van der Waals surface area contributed by atoms with Crippen molar-refractivity contribution in [2.75, 3.05) is 24.4 Å². The highest BCUT2D eigenvalue weighted by molar-refractivity contribution is 9.10. The van der Waals surface area contributed by atoms with E-state index in [9.17, 15) is 4.79 Å². The average molecular weight is 504 g/mol. The summed E-state index contributed by atoms with van der Waals surface area (Å²) >= 11 is 9.72. The van der Waals surface area contributed by atoms with Crippen molar-refractivity contribution in [3.63, 3.8) is 0 Å². The van der Waals surface area contributed by atoms with Crippen molar-refractivity contribution in [2.24, 2.45) is 0 Å². The molecule has 0 spiro atoms. The van der Waals surface area contributed by atoms with E-state index in [1.807, 2.05) is 68.4 Å². The summed E-state index contributed by atoms with van der Waals surface area (Å²) in [6.07, 6.45) is 0. The number of aryl methyl sites for hydroxylation is 2. The van der Waals surface area contributed by atoms with Crippen molar-refractivity contribution in [1.82, 2.24) is 0 Å². The van der Waals surface area contributed by atoms with Gasteiger partial charge in [0, 0.05) is 22.9 Å². The number of methoxy groups -OCH3 is 1. The maximum Gasteiger partial charge on any atom is 0.262 e. The van der Waals surface area contributed by atoms with E-state index in [-0.39, 0.29) is 12.5 Å². The van der Waals surface area contributed by atoms with Gasteiger partial charge < -0.3 is 20.1 Å². The Hall–Kier alpha value is -2.70. The van der Waals surface area contributed by atoms with E-state index in [0.717, 1.165) is 33.1 Å². The maximum atomic E-state index is 12.2. The van der Waals surface area contributed by atoms with Crippen LogP contribution in [0.25, 0.3) is 0 Å². The molecule has 7 heteroatoms. The first kappa shape index (κ1) is 23.0. The van der Waals surface area contributed by atoms with E-state index >= 15 is 0 Å². The SMILES string of the molecule is COc1cc(CNc2ccc(C)c(Cl)c2)cc(Br)c1OCC(=O)Nc1ccc(C)cc1. The fourth-order valence-electron chi connectivity index (χ4n) is 2.89. The number of carbonyl (C=O) groups is 1. The van der Waals surface area contributed by atoms with Gasteiger partial charge in [0.25, 0.3) is 5.91 Å². The van der Waals surface area contributed by atoms with Crippen molar-refractivity contribution in [3.05, 3.63) is 80.8 Å². The summed E-state index contributed by atoms with van der Waals surface area (Å²) in [4.78, 5) is 12.2. The van der Waals surface area contributed by atoms with Crippen LogP contribution in [0.5, 0.6) is 11.5 Å². The van der Waals surface area contributed by atoms with Gasteiger partial charge in [-0.1, -0.05) is 35.4 Å². The lowest BCUT2D eigenvalue weighted by molar-refractivity contribution is -0.118. The number of ether oxygens (including phenoxy) is 2. The zero-order chi connectivity index (χ0) is 22.4. The summed E-state index contributed by atoms with van der Waals surface area (Å²) in [7, 11) is 1.57. The van der Waals surface area contributed by atoms with E-state index in [4.69, 9.17) is 21.1 Å². The van der Waals surface area contributed by atoms with Gasteiger partial charge >= 0.3 is 0 Å². The standard InChI is InChI=1S/C24H24BrClN2O3/c1-15-4-7-18(8-5-15)28-23(29)14-31-24-20(25)10-17(11-22(24)30-3)13-27-19-9-6-16(2)21(26)12-19/h4-12,27H,13-14H2,1-3H3,(H,28,29). The largest absolute Gasteiger partial charge is 0.493 e. The van der Waals surface area contributed by atoms with Crippen LogP contribution in [-0.2, 0) is 11.3 Å². The first-order valence-electron chi connectivity index (χ1n) is 9.71. The van der Waals surface area contributed by atoms with Crippen molar-refractivity contribution in [1.29, 1.82) is 0 Å². The number of anilines is 2. The van der Waals surface area contributed by atoms with Crippen LogP contribution in [0.4, 0.5) is 11.4 Å². The molecule has 0 aliphatic rings. The molecule has 0 bridgehead atoms. The Morgan fingerprint density at radius 2 is 1.74 bits per heavy atom. The molecule has 2 N–H and O–H groups in total. The monoisotopic (exact) mass is 502 g/mol. The van der Waals surface area contributed by atoms with Crippen LogP contribution in [0.1, 0.15) is 16.7 Å². The van der Waals surface area contributed by atoms with Crippen molar-refractivity contribution in [3.8, 4) is 11.5 Å². The van der Waals surface area contributed by atoms with Crippen LogP contribution in [0, 0.1) is 13.8 Å². The van der Waals surface area contributed by atoms with Crippen LogP contribution in [-0.4, -0.2) is 19.6 Å². The van der Waals surface area contributed by atoms with Crippen LogP contribution < -0.4 is 20.1 Å². The number of benzene rings is 3. The van der Waals surface area contributed by atoms with Gasteiger partial charge in [-0.15, -0.1) is 0 Å². The molecular weight excluding hydrogens is 480 g/mol. The van der Waals surface area contributed by atoms with Crippen LogP contribution in [0.15, 0.2) is 59.1 Å². The third-order valence-electron chi connectivity index (χ3n) is 4.64. The second kappa shape index (κ2) is 10.6. The van der Waals surface area contributed by atoms with Gasteiger partial charge in [-0.3, -0.25) is 4.79 Å². The Balaban J connectivity index is 1.63. The summed E-state index contributed by atoms with van der Waals surface area (Å²) in [5, 5.41) is 6.88. The lowest BCUT2D eigenvalue weighted by Gasteiger charge is -2.15. The van der Waals surface area contributed by atoms with Crippen LogP contribution in [0.3, 0.4) is 0 Å². The molecule has 0 fully saturated rings. The molecule has 5 nitrogen and oxygen atoms in total. The molecule has 0 radical (unpaired) electrons. The van der Waals surface area contributed by atoms with Gasteiger partial charge in [-0.05, 0) is 77.3 Å². The third kappa shape index (κ3) is 6.39. The molecule has 0 aromatic heterocycles. The Bertz CT molecular complexity index is 1070. The summed E-state index contributed by atoms with van der Waals surface area (Å²) in [5.74, 6) is 0.764. The van der Waals surface area contributed by atoms with E-state index in [1.165, 1.54) is 0 Å². The van der Waals surface area contributed by atoms with Crippen LogP contribution >= 0.6 is 27.5 Å². The third-order valence-corrected chi connectivity index (χ3v) is 5.64. The number of amides is 1. The molecule has 31 heavy (non-hydrogen) atoms. The molecule has 0 heterocycles. The van der Waals surface area contributed by atoms with E-state index in [0.29, 0.717) is 22.5 Å². The molecule has 0 saturated heterocycles. The zero-order valence-corrected chi connectivity index (χ0v) is 19.9. The van der Waals surface area contributed by atoms with Crippen LogP contribution in [0.2, 0.25) is 5.02 Å². The van der Waals surface area contributed by atoms with E-state index in [1.54, 1.807) is 7.11 Å². The molecule has 3 rings (SSSR count).